The molecule has 0 bridgehead atoms. The van der Waals surface area contributed by atoms with E-state index in [1.165, 1.54) is 19.3 Å². The maximum Gasteiger partial charge on any atom is 0.243 e. The van der Waals surface area contributed by atoms with E-state index in [1.807, 2.05) is 42.5 Å². The molecule has 1 aliphatic heterocycles. The van der Waals surface area contributed by atoms with Gasteiger partial charge in [0.15, 0.2) is 0 Å². The number of sulfonamides is 1. The van der Waals surface area contributed by atoms with Gasteiger partial charge in [-0.15, -0.1) is 0 Å². The van der Waals surface area contributed by atoms with Crippen molar-refractivity contribution in [1.29, 1.82) is 0 Å². The SMILES string of the molecule is CC1CCCCN1CCN(Cc1ccccc1)S(=O)(=O)c1ccc(C(C)(C)C)cc1. The molecule has 1 saturated heterocycles. The number of hydrogen-bond acceptors (Lipinski definition) is 3. The summed E-state index contributed by atoms with van der Waals surface area (Å²) in [6.07, 6.45) is 3.66. The summed E-state index contributed by atoms with van der Waals surface area (Å²) in [6, 6.07) is 17.8. The molecule has 1 fully saturated rings. The number of likely N-dealkylation sites (tertiary alicyclic amines) is 1. The summed E-state index contributed by atoms with van der Waals surface area (Å²) in [4.78, 5) is 2.80. The summed E-state index contributed by atoms with van der Waals surface area (Å²) < 4.78 is 28.8. The minimum Gasteiger partial charge on any atom is -0.299 e. The molecule has 4 nitrogen and oxygen atoms in total. The zero-order chi connectivity index (χ0) is 21.8. The van der Waals surface area contributed by atoms with E-state index in [2.05, 4.69) is 32.6 Å². The molecule has 164 valence electrons. The Bertz CT molecular complexity index is 902. The maximum absolute atomic E-state index is 13.6. The molecule has 0 N–H and O–H groups in total. The predicted molar refractivity (Wildman–Crippen MR) is 124 cm³/mol. The molecule has 0 aromatic heterocycles. The molecule has 30 heavy (non-hydrogen) atoms. The minimum absolute atomic E-state index is 0.00355. The van der Waals surface area contributed by atoms with Gasteiger partial charge in [-0.05, 0) is 55.0 Å². The molecular weight excluding hydrogens is 392 g/mol. The molecule has 0 radical (unpaired) electrons. The molecule has 3 rings (SSSR count). The van der Waals surface area contributed by atoms with E-state index in [1.54, 1.807) is 16.4 Å². The van der Waals surface area contributed by atoms with Crippen molar-refractivity contribution in [2.75, 3.05) is 19.6 Å². The third-order valence-electron chi connectivity index (χ3n) is 6.14. The van der Waals surface area contributed by atoms with Crippen LogP contribution in [0.5, 0.6) is 0 Å². The van der Waals surface area contributed by atoms with Crippen LogP contribution in [-0.2, 0) is 22.0 Å². The van der Waals surface area contributed by atoms with Crippen LogP contribution >= 0.6 is 0 Å². The van der Waals surface area contributed by atoms with E-state index in [0.29, 0.717) is 24.0 Å². The lowest BCUT2D eigenvalue weighted by atomic mass is 9.87. The third kappa shape index (κ3) is 5.71. The largest absolute Gasteiger partial charge is 0.299 e. The number of piperidine rings is 1. The summed E-state index contributed by atoms with van der Waals surface area (Å²) in [5.74, 6) is 0. The van der Waals surface area contributed by atoms with Crippen LogP contribution in [0.15, 0.2) is 59.5 Å². The second-order valence-corrected chi connectivity index (χ2v) is 11.4. The summed E-state index contributed by atoms with van der Waals surface area (Å²) in [5, 5.41) is 0. The number of benzene rings is 2. The highest BCUT2D eigenvalue weighted by Gasteiger charge is 2.27. The van der Waals surface area contributed by atoms with Crippen molar-refractivity contribution in [3.63, 3.8) is 0 Å². The fourth-order valence-corrected chi connectivity index (χ4v) is 5.50. The lowest BCUT2D eigenvalue weighted by molar-refractivity contribution is 0.151. The number of hydrogen-bond donors (Lipinski definition) is 0. The number of rotatable bonds is 7. The summed E-state index contributed by atoms with van der Waals surface area (Å²) in [5.41, 5.74) is 2.15. The first kappa shape index (κ1) is 23.0. The van der Waals surface area contributed by atoms with Crippen LogP contribution in [-0.4, -0.2) is 43.3 Å². The first-order valence-corrected chi connectivity index (χ1v) is 12.5. The van der Waals surface area contributed by atoms with Gasteiger partial charge in [0.05, 0.1) is 4.90 Å². The van der Waals surface area contributed by atoms with Crippen LogP contribution in [0.3, 0.4) is 0 Å². The van der Waals surface area contributed by atoms with Crippen LogP contribution in [0.2, 0.25) is 0 Å². The molecule has 0 aliphatic carbocycles. The average molecular weight is 429 g/mol. The zero-order valence-electron chi connectivity index (χ0n) is 18.8. The first-order chi connectivity index (χ1) is 14.2. The van der Waals surface area contributed by atoms with Gasteiger partial charge in [0.2, 0.25) is 10.0 Å². The molecule has 1 unspecified atom stereocenters. The average Bonchev–Trinajstić information content (AvgIpc) is 2.72. The standard InChI is InChI=1S/C25H36N2O2S/c1-21-10-8-9-17-26(21)18-19-27(20-22-11-6-5-7-12-22)30(28,29)24-15-13-23(14-16-24)25(2,3)4/h5-7,11-16,21H,8-10,17-20H2,1-4H3. The Balaban J connectivity index is 1.83. The van der Waals surface area contributed by atoms with Crippen molar-refractivity contribution < 1.29 is 8.42 Å². The molecule has 2 aromatic carbocycles. The van der Waals surface area contributed by atoms with E-state index in [4.69, 9.17) is 0 Å². The van der Waals surface area contributed by atoms with Gasteiger partial charge in [-0.25, -0.2) is 8.42 Å². The van der Waals surface area contributed by atoms with Crippen molar-refractivity contribution in [3.8, 4) is 0 Å². The summed E-state index contributed by atoms with van der Waals surface area (Å²) >= 11 is 0. The molecule has 1 aliphatic rings. The molecule has 5 heteroatoms. The second-order valence-electron chi connectivity index (χ2n) is 9.48. The summed E-state index contributed by atoms with van der Waals surface area (Å²) in [7, 11) is -3.57. The van der Waals surface area contributed by atoms with E-state index < -0.39 is 10.0 Å². The Morgan fingerprint density at radius 1 is 1.00 bits per heavy atom. The Labute approximate surface area is 183 Å². The van der Waals surface area contributed by atoms with Gasteiger partial charge in [-0.1, -0.05) is 69.7 Å². The van der Waals surface area contributed by atoms with Crippen molar-refractivity contribution in [2.24, 2.45) is 0 Å². The van der Waals surface area contributed by atoms with E-state index in [9.17, 15) is 8.42 Å². The highest BCUT2D eigenvalue weighted by Crippen LogP contribution is 2.26. The molecule has 1 atom stereocenters. The smallest absolute Gasteiger partial charge is 0.243 e. The van der Waals surface area contributed by atoms with Gasteiger partial charge in [0, 0.05) is 25.7 Å². The van der Waals surface area contributed by atoms with Gasteiger partial charge < -0.3 is 0 Å². The molecule has 0 saturated carbocycles. The van der Waals surface area contributed by atoms with Gasteiger partial charge in [-0.2, -0.15) is 4.31 Å². The van der Waals surface area contributed by atoms with Gasteiger partial charge in [0.1, 0.15) is 0 Å². The monoisotopic (exact) mass is 428 g/mol. The Kier molecular flexibility index (Phi) is 7.38. The van der Waals surface area contributed by atoms with E-state index >= 15 is 0 Å². The van der Waals surface area contributed by atoms with Crippen molar-refractivity contribution in [3.05, 3.63) is 65.7 Å². The van der Waals surface area contributed by atoms with Crippen LogP contribution in [0.25, 0.3) is 0 Å². The molecular formula is C25H36N2O2S. The second kappa shape index (κ2) is 9.63. The topological polar surface area (TPSA) is 40.6 Å². The maximum atomic E-state index is 13.6. The third-order valence-corrected chi connectivity index (χ3v) is 8.00. The zero-order valence-corrected chi connectivity index (χ0v) is 19.7. The van der Waals surface area contributed by atoms with Gasteiger partial charge in [0.25, 0.3) is 0 Å². The van der Waals surface area contributed by atoms with E-state index in [0.717, 1.165) is 24.2 Å². The van der Waals surface area contributed by atoms with Crippen molar-refractivity contribution >= 4 is 10.0 Å². The van der Waals surface area contributed by atoms with Crippen LogP contribution < -0.4 is 0 Å². The Morgan fingerprint density at radius 3 is 2.27 bits per heavy atom. The van der Waals surface area contributed by atoms with Gasteiger partial charge in [-0.3, -0.25) is 4.90 Å². The van der Waals surface area contributed by atoms with Crippen LogP contribution in [0, 0.1) is 0 Å². The molecule has 0 spiro atoms. The van der Waals surface area contributed by atoms with Crippen LogP contribution in [0.4, 0.5) is 0 Å². The highest BCUT2D eigenvalue weighted by atomic mass is 32.2. The van der Waals surface area contributed by atoms with Crippen molar-refractivity contribution in [1.82, 2.24) is 9.21 Å². The van der Waals surface area contributed by atoms with Crippen molar-refractivity contribution in [2.45, 2.75) is 69.9 Å². The minimum atomic E-state index is -3.57. The predicted octanol–water partition coefficient (Wildman–Crippen LogP) is 5.05. The molecule has 0 amide bonds. The molecule has 1 heterocycles. The van der Waals surface area contributed by atoms with Crippen LogP contribution in [0.1, 0.15) is 58.1 Å². The quantitative estimate of drug-likeness (QED) is 0.620. The number of nitrogens with zero attached hydrogens (tertiary/aromatic N) is 2. The highest BCUT2D eigenvalue weighted by molar-refractivity contribution is 7.89. The fraction of sp³-hybridized carbons (Fsp3) is 0.520. The van der Waals surface area contributed by atoms with Gasteiger partial charge >= 0.3 is 0 Å². The van der Waals surface area contributed by atoms with E-state index in [-0.39, 0.29) is 5.41 Å². The Hall–Kier alpha value is -1.69. The Morgan fingerprint density at radius 2 is 1.67 bits per heavy atom. The normalized spacial score (nSPS) is 18.6. The lowest BCUT2D eigenvalue weighted by Gasteiger charge is -2.35. The fourth-order valence-electron chi connectivity index (χ4n) is 4.08. The first-order valence-electron chi connectivity index (χ1n) is 11.1. The lowest BCUT2D eigenvalue weighted by Crippen LogP contribution is -2.43. The molecule has 2 aromatic rings. The summed E-state index contributed by atoms with van der Waals surface area (Å²) in [6.45, 7) is 11.4.